The molecule has 1 fully saturated rings. The number of thiophene rings is 1. The molecule has 1 aromatic heterocycles. The van der Waals surface area contributed by atoms with E-state index in [0.29, 0.717) is 16.1 Å². The number of hydrogen-bond acceptors (Lipinski definition) is 5. The van der Waals surface area contributed by atoms with Crippen molar-refractivity contribution in [3.8, 4) is 0 Å². The molecule has 4 atom stereocenters. The number of benzene rings is 3. The molecule has 1 spiro atoms. The van der Waals surface area contributed by atoms with Gasteiger partial charge in [-0.2, -0.15) is 0 Å². The van der Waals surface area contributed by atoms with Crippen LogP contribution in [0.3, 0.4) is 0 Å². The Morgan fingerprint density at radius 2 is 1.66 bits per heavy atom. The third-order valence-electron chi connectivity index (χ3n) is 8.22. The Morgan fingerprint density at radius 3 is 2.45 bits per heavy atom. The maximum absolute atomic E-state index is 14.6. The lowest BCUT2D eigenvalue weighted by Gasteiger charge is -2.38. The zero-order chi connectivity index (χ0) is 26.0. The van der Waals surface area contributed by atoms with E-state index in [-0.39, 0.29) is 17.5 Å². The quantitative estimate of drug-likeness (QED) is 0.336. The molecule has 0 aliphatic carbocycles. The van der Waals surface area contributed by atoms with E-state index in [2.05, 4.69) is 5.32 Å². The number of hydrogen-bond donors (Lipinski definition) is 1. The van der Waals surface area contributed by atoms with Crippen molar-refractivity contribution in [3.05, 3.63) is 129 Å². The largest absolute Gasteiger partial charge is 0.358 e. The first kappa shape index (κ1) is 22.9. The molecule has 1 saturated heterocycles. The predicted molar refractivity (Wildman–Crippen MR) is 148 cm³/mol. The van der Waals surface area contributed by atoms with Gasteiger partial charge in [-0.05, 0) is 47.2 Å². The molecule has 186 valence electrons. The molecular formula is C32H24N2O3S. The number of amides is 1. The molecule has 0 radical (unpaired) electrons. The van der Waals surface area contributed by atoms with Gasteiger partial charge >= 0.3 is 0 Å². The van der Waals surface area contributed by atoms with Gasteiger partial charge in [0.2, 0.25) is 5.91 Å². The minimum absolute atomic E-state index is 0.145. The third kappa shape index (κ3) is 3.01. The summed E-state index contributed by atoms with van der Waals surface area (Å²) in [6.07, 6.45) is 3.88. The molecule has 3 aromatic carbocycles. The smallest absolute Gasteiger partial charge is 0.238 e. The van der Waals surface area contributed by atoms with Gasteiger partial charge in [0.15, 0.2) is 11.6 Å². The topological polar surface area (TPSA) is 66.5 Å². The van der Waals surface area contributed by atoms with Crippen LogP contribution in [0.2, 0.25) is 0 Å². The van der Waals surface area contributed by atoms with E-state index in [0.717, 1.165) is 22.3 Å². The number of nitrogens with zero attached hydrogens (tertiary/aromatic N) is 1. The van der Waals surface area contributed by atoms with Gasteiger partial charge in [-0.25, -0.2) is 0 Å². The second-order valence-corrected chi connectivity index (χ2v) is 11.1. The van der Waals surface area contributed by atoms with Crippen LogP contribution < -0.4 is 5.32 Å². The monoisotopic (exact) mass is 516 g/mol. The van der Waals surface area contributed by atoms with Crippen LogP contribution in [0.4, 0.5) is 5.69 Å². The summed E-state index contributed by atoms with van der Waals surface area (Å²) in [5.74, 6) is -1.53. The van der Waals surface area contributed by atoms with Gasteiger partial charge in [-0.3, -0.25) is 14.4 Å². The van der Waals surface area contributed by atoms with E-state index < -0.39 is 23.4 Å². The highest BCUT2D eigenvalue weighted by Gasteiger charge is 2.70. The van der Waals surface area contributed by atoms with Crippen molar-refractivity contribution in [2.75, 3.05) is 5.32 Å². The summed E-state index contributed by atoms with van der Waals surface area (Å²) in [6.45, 7) is 1.97. The van der Waals surface area contributed by atoms with E-state index in [1.54, 1.807) is 18.2 Å². The fraction of sp³-hybridized carbons (Fsp3) is 0.156. The predicted octanol–water partition coefficient (Wildman–Crippen LogP) is 6.04. The number of Topliss-reactive ketones (excluding diaryl/α,β-unsaturated/α-hetero) is 2. The number of fused-ring (bicyclic) bond motifs is 6. The summed E-state index contributed by atoms with van der Waals surface area (Å²) in [5.41, 5.74) is 3.61. The number of nitrogens with one attached hydrogen (secondary N) is 1. The van der Waals surface area contributed by atoms with Crippen LogP contribution in [0, 0.1) is 12.8 Å². The highest BCUT2D eigenvalue weighted by atomic mass is 32.1. The van der Waals surface area contributed by atoms with Crippen molar-refractivity contribution >= 4 is 40.6 Å². The van der Waals surface area contributed by atoms with Crippen molar-refractivity contribution in [1.29, 1.82) is 0 Å². The van der Waals surface area contributed by atoms with E-state index >= 15 is 0 Å². The number of anilines is 1. The minimum Gasteiger partial charge on any atom is -0.358 e. The van der Waals surface area contributed by atoms with Crippen molar-refractivity contribution in [2.45, 2.75) is 24.4 Å². The number of rotatable bonds is 4. The molecule has 1 amide bonds. The Labute approximate surface area is 224 Å². The third-order valence-corrected chi connectivity index (χ3v) is 9.11. The Kier molecular flexibility index (Phi) is 5.03. The van der Waals surface area contributed by atoms with Crippen LogP contribution in [0.25, 0.3) is 6.08 Å². The Morgan fingerprint density at radius 1 is 0.895 bits per heavy atom. The number of carbonyl (C=O) groups excluding carboxylic acids is 3. The molecule has 0 unspecified atom stereocenters. The van der Waals surface area contributed by atoms with Crippen LogP contribution in [0.15, 0.2) is 96.5 Å². The van der Waals surface area contributed by atoms with E-state index in [1.807, 2.05) is 96.2 Å². The fourth-order valence-electron chi connectivity index (χ4n) is 6.63. The standard InChI is InChI=1S/C32H24N2O3S/c1-19-12-14-21(15-13-19)28(35)26-27(29(36)25-11-6-18-38-25)34-17-16-20-7-2-3-8-22(20)30(34)32(26)23-9-4-5-10-24(23)33-31(32)37/h2-18,26-27,30H,1H3,(H,33,37)/t26-,27-,30+,32+/m0/s1. The molecule has 1 N–H and O–H groups in total. The maximum atomic E-state index is 14.6. The first-order valence-electron chi connectivity index (χ1n) is 12.7. The average molecular weight is 517 g/mol. The molecule has 4 heterocycles. The Bertz CT molecular complexity index is 1640. The van der Waals surface area contributed by atoms with Crippen molar-refractivity contribution in [1.82, 2.24) is 4.90 Å². The van der Waals surface area contributed by atoms with Gasteiger partial charge in [0, 0.05) is 17.5 Å². The normalized spacial score (nSPS) is 24.6. The second-order valence-electron chi connectivity index (χ2n) is 10.2. The van der Waals surface area contributed by atoms with E-state index in [1.165, 1.54) is 11.3 Å². The van der Waals surface area contributed by atoms with Gasteiger partial charge in [0.1, 0.15) is 11.5 Å². The molecule has 6 heteroatoms. The van der Waals surface area contributed by atoms with Gasteiger partial charge in [-0.15, -0.1) is 11.3 Å². The summed E-state index contributed by atoms with van der Waals surface area (Å²) >= 11 is 1.36. The van der Waals surface area contributed by atoms with E-state index in [9.17, 15) is 14.4 Å². The number of carbonyl (C=O) groups is 3. The van der Waals surface area contributed by atoms with Crippen LogP contribution in [-0.2, 0) is 10.2 Å². The molecule has 0 saturated carbocycles. The summed E-state index contributed by atoms with van der Waals surface area (Å²) in [7, 11) is 0. The zero-order valence-electron chi connectivity index (χ0n) is 20.6. The lowest BCUT2D eigenvalue weighted by molar-refractivity contribution is -0.122. The van der Waals surface area contributed by atoms with Crippen LogP contribution in [0.1, 0.15) is 48.3 Å². The highest BCUT2D eigenvalue weighted by Crippen LogP contribution is 2.62. The summed E-state index contributed by atoms with van der Waals surface area (Å²) < 4.78 is 0. The van der Waals surface area contributed by atoms with Crippen molar-refractivity contribution in [2.24, 2.45) is 5.92 Å². The molecule has 3 aliphatic heterocycles. The summed E-state index contributed by atoms with van der Waals surface area (Å²) in [4.78, 5) is 45.8. The highest BCUT2D eigenvalue weighted by molar-refractivity contribution is 7.12. The number of aryl methyl sites for hydroxylation is 1. The average Bonchev–Trinajstić information content (AvgIpc) is 3.65. The molecule has 7 rings (SSSR count). The fourth-order valence-corrected chi connectivity index (χ4v) is 7.33. The number of ketones is 2. The minimum atomic E-state index is -1.29. The Hall–Kier alpha value is -4.29. The van der Waals surface area contributed by atoms with Crippen molar-refractivity contribution in [3.63, 3.8) is 0 Å². The van der Waals surface area contributed by atoms with Gasteiger partial charge < -0.3 is 10.2 Å². The zero-order valence-corrected chi connectivity index (χ0v) is 21.4. The summed E-state index contributed by atoms with van der Waals surface area (Å²) in [6, 6.07) is 25.2. The number of para-hydroxylation sites is 1. The lowest BCUT2D eigenvalue weighted by Crippen LogP contribution is -2.49. The summed E-state index contributed by atoms with van der Waals surface area (Å²) in [5, 5.41) is 4.95. The van der Waals surface area contributed by atoms with Crippen LogP contribution in [0.5, 0.6) is 0 Å². The maximum Gasteiger partial charge on any atom is 0.238 e. The first-order chi connectivity index (χ1) is 18.5. The van der Waals surface area contributed by atoms with Crippen LogP contribution >= 0.6 is 11.3 Å². The molecular weight excluding hydrogens is 492 g/mol. The molecule has 38 heavy (non-hydrogen) atoms. The molecule has 5 nitrogen and oxygen atoms in total. The Balaban J connectivity index is 1.55. The first-order valence-corrected chi connectivity index (χ1v) is 13.5. The van der Waals surface area contributed by atoms with Gasteiger partial charge in [0.05, 0.1) is 16.8 Å². The molecule has 0 bridgehead atoms. The lowest BCUT2D eigenvalue weighted by atomic mass is 9.62. The molecule has 3 aliphatic rings. The molecule has 4 aromatic rings. The van der Waals surface area contributed by atoms with Gasteiger partial charge in [0.25, 0.3) is 0 Å². The van der Waals surface area contributed by atoms with Crippen LogP contribution in [-0.4, -0.2) is 28.4 Å². The van der Waals surface area contributed by atoms with Gasteiger partial charge in [-0.1, -0.05) is 78.4 Å². The van der Waals surface area contributed by atoms with Crippen molar-refractivity contribution < 1.29 is 14.4 Å². The van der Waals surface area contributed by atoms with E-state index in [4.69, 9.17) is 0 Å². The SMILES string of the molecule is Cc1ccc(C(=O)[C@@H]2[C@@H](C(=O)c3cccs3)N3C=Cc4ccccc4[C@@H]3[C@]23C(=O)Nc2ccccc23)cc1. The second kappa shape index (κ2) is 8.36.